The van der Waals surface area contributed by atoms with E-state index in [4.69, 9.17) is 14.2 Å². The van der Waals surface area contributed by atoms with Gasteiger partial charge in [-0.15, -0.1) is 0 Å². The smallest absolute Gasteiger partial charge is 0.261 e. The quantitative estimate of drug-likeness (QED) is 0.754. The maximum absolute atomic E-state index is 13.1. The largest absolute Gasteiger partial charge is 0.497 e. The summed E-state index contributed by atoms with van der Waals surface area (Å²) in [5.41, 5.74) is 2.75. The van der Waals surface area contributed by atoms with Gasteiger partial charge in [-0.1, -0.05) is 24.6 Å². The number of nitrogens with one attached hydrogen (secondary N) is 1. The summed E-state index contributed by atoms with van der Waals surface area (Å²) < 4.78 is 17.5. The molecular formula is C24H31NO4. The SMILES string of the molecule is CCC(Oc1ccc(C)cc1C)C(=O)NC1CC(C)(C)Oc2ccc(OC)cc21. The predicted molar refractivity (Wildman–Crippen MR) is 114 cm³/mol. The first-order valence-corrected chi connectivity index (χ1v) is 10.1. The Hall–Kier alpha value is -2.69. The Bertz CT molecular complexity index is 890. The molecule has 0 radical (unpaired) electrons. The zero-order chi connectivity index (χ0) is 21.2. The maximum atomic E-state index is 13.1. The van der Waals surface area contributed by atoms with E-state index < -0.39 is 6.10 Å². The number of fused-ring (bicyclic) bond motifs is 1. The Morgan fingerprint density at radius 1 is 1.24 bits per heavy atom. The van der Waals surface area contributed by atoms with E-state index in [0.717, 1.165) is 28.4 Å². The first kappa shape index (κ1) is 21.0. The molecule has 0 fully saturated rings. The monoisotopic (exact) mass is 397 g/mol. The molecule has 2 atom stereocenters. The van der Waals surface area contributed by atoms with Gasteiger partial charge in [0.15, 0.2) is 6.10 Å². The van der Waals surface area contributed by atoms with Crippen molar-refractivity contribution in [1.82, 2.24) is 5.32 Å². The molecule has 1 heterocycles. The third-order valence-electron chi connectivity index (χ3n) is 5.25. The fourth-order valence-electron chi connectivity index (χ4n) is 3.76. The summed E-state index contributed by atoms with van der Waals surface area (Å²) in [7, 11) is 1.63. The number of rotatable bonds is 6. The van der Waals surface area contributed by atoms with Crippen LogP contribution in [0.25, 0.3) is 0 Å². The first-order valence-electron chi connectivity index (χ1n) is 10.1. The zero-order valence-electron chi connectivity index (χ0n) is 18.2. The van der Waals surface area contributed by atoms with Gasteiger partial charge in [0.25, 0.3) is 5.91 Å². The van der Waals surface area contributed by atoms with Gasteiger partial charge in [-0.25, -0.2) is 0 Å². The Balaban J connectivity index is 1.81. The highest BCUT2D eigenvalue weighted by Gasteiger charge is 2.36. The average Bonchev–Trinajstić information content (AvgIpc) is 2.66. The van der Waals surface area contributed by atoms with Crippen LogP contribution in [0.2, 0.25) is 0 Å². The molecule has 0 aromatic heterocycles. The van der Waals surface area contributed by atoms with Crippen molar-refractivity contribution in [3.8, 4) is 17.2 Å². The van der Waals surface area contributed by atoms with Gasteiger partial charge in [0.1, 0.15) is 22.8 Å². The molecule has 2 aromatic rings. The van der Waals surface area contributed by atoms with E-state index in [1.807, 2.05) is 65.0 Å². The van der Waals surface area contributed by atoms with Crippen LogP contribution in [0.4, 0.5) is 0 Å². The van der Waals surface area contributed by atoms with Crippen molar-refractivity contribution in [2.75, 3.05) is 7.11 Å². The van der Waals surface area contributed by atoms with Gasteiger partial charge in [-0.2, -0.15) is 0 Å². The molecule has 156 valence electrons. The summed E-state index contributed by atoms with van der Waals surface area (Å²) in [6.07, 6.45) is 0.687. The van der Waals surface area contributed by atoms with Crippen LogP contribution in [0.15, 0.2) is 36.4 Å². The van der Waals surface area contributed by atoms with Crippen molar-refractivity contribution in [2.45, 2.75) is 65.2 Å². The lowest BCUT2D eigenvalue weighted by atomic mass is 9.89. The van der Waals surface area contributed by atoms with Gasteiger partial charge in [0.05, 0.1) is 13.2 Å². The van der Waals surface area contributed by atoms with Crippen LogP contribution >= 0.6 is 0 Å². The van der Waals surface area contributed by atoms with Gasteiger partial charge in [0.2, 0.25) is 0 Å². The number of benzene rings is 2. The average molecular weight is 398 g/mol. The lowest BCUT2D eigenvalue weighted by Crippen LogP contribution is -2.45. The molecule has 5 nitrogen and oxygen atoms in total. The number of hydrogen-bond donors (Lipinski definition) is 1. The van der Waals surface area contributed by atoms with Gasteiger partial charge in [0, 0.05) is 12.0 Å². The van der Waals surface area contributed by atoms with Crippen LogP contribution in [0.5, 0.6) is 17.2 Å². The minimum absolute atomic E-state index is 0.121. The summed E-state index contributed by atoms with van der Waals surface area (Å²) in [5.74, 6) is 2.14. The lowest BCUT2D eigenvalue weighted by Gasteiger charge is -2.38. The Labute approximate surface area is 173 Å². The molecule has 0 bridgehead atoms. The van der Waals surface area contributed by atoms with Crippen molar-refractivity contribution in [3.63, 3.8) is 0 Å². The molecule has 1 aliphatic heterocycles. The zero-order valence-corrected chi connectivity index (χ0v) is 18.2. The van der Waals surface area contributed by atoms with Gasteiger partial charge < -0.3 is 19.5 Å². The minimum atomic E-state index is -0.559. The second-order valence-corrected chi connectivity index (χ2v) is 8.31. The number of amides is 1. The van der Waals surface area contributed by atoms with Crippen LogP contribution in [-0.4, -0.2) is 24.7 Å². The van der Waals surface area contributed by atoms with Crippen molar-refractivity contribution in [3.05, 3.63) is 53.1 Å². The Morgan fingerprint density at radius 3 is 2.66 bits per heavy atom. The number of carbonyl (C=O) groups excluding carboxylic acids is 1. The van der Waals surface area contributed by atoms with Crippen LogP contribution in [-0.2, 0) is 4.79 Å². The topological polar surface area (TPSA) is 56.8 Å². The number of carbonyl (C=O) groups is 1. The van der Waals surface area contributed by atoms with Crippen molar-refractivity contribution in [2.24, 2.45) is 0 Å². The first-order chi connectivity index (χ1) is 13.7. The van der Waals surface area contributed by atoms with Crippen LogP contribution in [0, 0.1) is 13.8 Å². The Morgan fingerprint density at radius 2 is 2.00 bits per heavy atom. The highest BCUT2D eigenvalue weighted by atomic mass is 16.5. The van der Waals surface area contributed by atoms with E-state index in [9.17, 15) is 4.79 Å². The molecule has 0 aliphatic carbocycles. The van der Waals surface area contributed by atoms with Gasteiger partial charge in [-0.05, 0) is 63.9 Å². The molecule has 3 rings (SSSR count). The van der Waals surface area contributed by atoms with Crippen molar-refractivity contribution < 1.29 is 19.0 Å². The fourth-order valence-corrected chi connectivity index (χ4v) is 3.76. The van der Waals surface area contributed by atoms with E-state index >= 15 is 0 Å². The number of aryl methyl sites for hydroxylation is 2. The summed E-state index contributed by atoms with van der Waals surface area (Å²) in [6, 6.07) is 11.5. The summed E-state index contributed by atoms with van der Waals surface area (Å²) >= 11 is 0. The summed E-state index contributed by atoms with van der Waals surface area (Å²) in [6.45, 7) is 10.1. The third kappa shape index (κ3) is 4.84. The molecule has 0 spiro atoms. The van der Waals surface area contributed by atoms with E-state index in [2.05, 4.69) is 11.4 Å². The molecule has 0 saturated carbocycles. The molecular weight excluding hydrogens is 366 g/mol. The lowest BCUT2D eigenvalue weighted by molar-refractivity contribution is -0.129. The van der Waals surface area contributed by atoms with E-state index in [0.29, 0.717) is 12.8 Å². The highest BCUT2D eigenvalue weighted by molar-refractivity contribution is 5.81. The molecule has 29 heavy (non-hydrogen) atoms. The number of hydrogen-bond acceptors (Lipinski definition) is 4. The molecule has 2 aromatic carbocycles. The van der Waals surface area contributed by atoms with E-state index in [-0.39, 0.29) is 17.6 Å². The number of methoxy groups -OCH3 is 1. The predicted octanol–water partition coefficient (Wildman–Crippen LogP) is 4.89. The van der Waals surface area contributed by atoms with Crippen LogP contribution in [0.1, 0.15) is 56.3 Å². The molecule has 5 heteroatoms. The minimum Gasteiger partial charge on any atom is -0.497 e. The third-order valence-corrected chi connectivity index (χ3v) is 5.25. The van der Waals surface area contributed by atoms with E-state index in [1.165, 1.54) is 5.56 Å². The van der Waals surface area contributed by atoms with Crippen LogP contribution in [0.3, 0.4) is 0 Å². The van der Waals surface area contributed by atoms with Crippen LogP contribution < -0.4 is 19.5 Å². The van der Waals surface area contributed by atoms with Gasteiger partial charge >= 0.3 is 0 Å². The summed E-state index contributed by atoms with van der Waals surface area (Å²) in [4.78, 5) is 13.1. The molecule has 1 aliphatic rings. The second kappa shape index (κ2) is 8.36. The normalized spacial score (nSPS) is 18.2. The molecule has 2 unspecified atom stereocenters. The molecule has 0 saturated heterocycles. The second-order valence-electron chi connectivity index (χ2n) is 8.31. The van der Waals surface area contributed by atoms with Gasteiger partial charge in [-0.3, -0.25) is 4.79 Å². The van der Waals surface area contributed by atoms with Crippen molar-refractivity contribution >= 4 is 5.91 Å². The Kier molecular flexibility index (Phi) is 6.06. The summed E-state index contributed by atoms with van der Waals surface area (Å²) in [5, 5.41) is 3.18. The standard InChI is InChI=1S/C24H31NO4/c1-7-20(28-21-10-8-15(2)12-16(21)3)23(26)25-19-14-24(4,5)29-22-11-9-17(27-6)13-18(19)22/h8-13,19-20H,7,14H2,1-6H3,(H,25,26). The fraction of sp³-hybridized carbons (Fsp3) is 0.458. The number of ether oxygens (including phenoxy) is 3. The maximum Gasteiger partial charge on any atom is 0.261 e. The van der Waals surface area contributed by atoms with Crippen molar-refractivity contribution in [1.29, 1.82) is 0 Å². The highest BCUT2D eigenvalue weighted by Crippen LogP contribution is 2.41. The molecule has 1 N–H and O–H groups in total. The van der Waals surface area contributed by atoms with E-state index in [1.54, 1.807) is 7.11 Å². The molecule has 1 amide bonds.